The van der Waals surface area contributed by atoms with Crippen molar-refractivity contribution >= 4 is 11.7 Å². The molecular weight excluding hydrogens is 399 g/mol. The first-order chi connectivity index (χ1) is 15.0. The van der Waals surface area contributed by atoms with Gasteiger partial charge in [-0.15, -0.1) is 0 Å². The molecule has 1 aromatic heterocycles. The molecule has 162 valence electrons. The number of carbonyl (C=O) groups is 1. The normalized spacial score (nSPS) is 11.3. The number of carbonyl (C=O) groups excluding carboxylic acids is 1. The van der Waals surface area contributed by atoms with Gasteiger partial charge in [0.15, 0.2) is 0 Å². The Kier molecular flexibility index (Phi) is 7.07. The predicted octanol–water partition coefficient (Wildman–Crippen LogP) is 4.90. The van der Waals surface area contributed by atoms with Crippen LogP contribution in [0.1, 0.15) is 25.1 Å². The maximum atomic E-state index is 14.7. The van der Waals surface area contributed by atoms with E-state index in [9.17, 15) is 9.18 Å². The zero-order chi connectivity index (χ0) is 22.4. The van der Waals surface area contributed by atoms with Crippen LogP contribution in [0.3, 0.4) is 0 Å². The highest BCUT2D eigenvalue weighted by Crippen LogP contribution is 2.32. The SMILES string of the molecule is CCOC(=O)CO/N=C(/C)c1cc(-c2ccc(OC)cc2)n(-c2ccccc2F)c1C. The predicted molar refractivity (Wildman–Crippen MR) is 117 cm³/mol. The summed E-state index contributed by atoms with van der Waals surface area (Å²) in [6.45, 7) is 5.39. The van der Waals surface area contributed by atoms with E-state index < -0.39 is 5.97 Å². The average Bonchev–Trinajstić information content (AvgIpc) is 3.11. The molecule has 0 fully saturated rings. The summed E-state index contributed by atoms with van der Waals surface area (Å²) in [5.41, 5.74) is 4.23. The number of aromatic nitrogens is 1. The number of oxime groups is 1. The van der Waals surface area contributed by atoms with Gasteiger partial charge in [-0.3, -0.25) is 0 Å². The average molecular weight is 424 g/mol. The van der Waals surface area contributed by atoms with E-state index in [0.717, 1.165) is 28.3 Å². The largest absolute Gasteiger partial charge is 0.497 e. The molecule has 31 heavy (non-hydrogen) atoms. The summed E-state index contributed by atoms with van der Waals surface area (Å²) in [6.07, 6.45) is 0. The van der Waals surface area contributed by atoms with Crippen LogP contribution in [-0.4, -0.2) is 36.6 Å². The first kappa shape index (κ1) is 22.1. The van der Waals surface area contributed by atoms with Gasteiger partial charge in [0.1, 0.15) is 11.6 Å². The molecule has 0 bridgehead atoms. The Morgan fingerprint density at radius 2 is 1.84 bits per heavy atom. The van der Waals surface area contributed by atoms with Gasteiger partial charge in [0.25, 0.3) is 0 Å². The Bertz CT molecular complexity index is 1090. The number of ether oxygens (including phenoxy) is 2. The van der Waals surface area contributed by atoms with Crippen molar-refractivity contribution in [1.29, 1.82) is 0 Å². The molecule has 0 N–H and O–H groups in total. The van der Waals surface area contributed by atoms with Crippen LogP contribution in [0.15, 0.2) is 59.8 Å². The van der Waals surface area contributed by atoms with Crippen LogP contribution in [-0.2, 0) is 14.4 Å². The summed E-state index contributed by atoms with van der Waals surface area (Å²) < 4.78 is 26.6. The van der Waals surface area contributed by atoms with Gasteiger partial charge < -0.3 is 18.9 Å². The van der Waals surface area contributed by atoms with E-state index in [-0.39, 0.29) is 19.0 Å². The highest BCUT2D eigenvalue weighted by atomic mass is 19.1. The minimum absolute atomic E-state index is 0.274. The van der Waals surface area contributed by atoms with Crippen LogP contribution in [0.4, 0.5) is 4.39 Å². The van der Waals surface area contributed by atoms with Gasteiger partial charge in [0.05, 0.1) is 30.8 Å². The molecule has 0 atom stereocenters. The smallest absolute Gasteiger partial charge is 0.347 e. The van der Waals surface area contributed by atoms with Crippen molar-refractivity contribution in [2.75, 3.05) is 20.3 Å². The fraction of sp³-hybridized carbons (Fsp3) is 0.250. The summed E-state index contributed by atoms with van der Waals surface area (Å²) in [6, 6.07) is 16.1. The molecule has 0 spiro atoms. The highest BCUT2D eigenvalue weighted by molar-refractivity contribution is 6.01. The van der Waals surface area contributed by atoms with Gasteiger partial charge in [-0.05, 0) is 68.8 Å². The molecular formula is C24H25FN2O4. The van der Waals surface area contributed by atoms with Gasteiger partial charge in [-0.1, -0.05) is 17.3 Å². The Labute approximate surface area is 180 Å². The summed E-state index contributed by atoms with van der Waals surface area (Å²) in [5, 5.41) is 4.06. The third kappa shape index (κ3) is 4.94. The van der Waals surface area contributed by atoms with Crippen LogP contribution in [0.2, 0.25) is 0 Å². The molecule has 2 aromatic carbocycles. The number of halogens is 1. The highest BCUT2D eigenvalue weighted by Gasteiger charge is 2.19. The summed E-state index contributed by atoms with van der Waals surface area (Å²) in [7, 11) is 1.61. The van der Waals surface area contributed by atoms with Crippen LogP contribution in [0.5, 0.6) is 5.75 Å². The second-order valence-electron chi connectivity index (χ2n) is 6.80. The molecule has 3 aromatic rings. The lowest BCUT2D eigenvalue weighted by Gasteiger charge is -2.13. The van der Waals surface area contributed by atoms with Crippen LogP contribution >= 0.6 is 0 Å². The van der Waals surface area contributed by atoms with E-state index in [2.05, 4.69) is 5.16 Å². The first-order valence-corrected chi connectivity index (χ1v) is 9.90. The number of para-hydroxylation sites is 1. The number of benzene rings is 2. The maximum Gasteiger partial charge on any atom is 0.347 e. The molecule has 0 amide bonds. The number of methoxy groups -OCH3 is 1. The standard InChI is InChI=1S/C24H25FN2O4/c1-5-30-24(28)15-31-26-16(2)20-14-23(18-10-12-19(29-4)13-11-18)27(17(20)3)22-9-7-6-8-21(22)25/h6-14H,5,15H2,1-4H3/b26-16-. The molecule has 0 aliphatic carbocycles. The van der Waals surface area contributed by atoms with Crippen molar-refractivity contribution in [2.45, 2.75) is 20.8 Å². The Hall–Kier alpha value is -3.61. The number of nitrogens with zero attached hydrogens (tertiary/aromatic N) is 2. The van der Waals surface area contributed by atoms with Crippen molar-refractivity contribution in [3.8, 4) is 22.7 Å². The number of hydrogen-bond acceptors (Lipinski definition) is 5. The fourth-order valence-electron chi connectivity index (χ4n) is 3.32. The molecule has 7 heteroatoms. The van der Waals surface area contributed by atoms with E-state index >= 15 is 0 Å². The van der Waals surface area contributed by atoms with E-state index in [0.29, 0.717) is 11.4 Å². The lowest BCUT2D eigenvalue weighted by molar-refractivity contribution is -0.148. The fourth-order valence-corrected chi connectivity index (χ4v) is 3.32. The Morgan fingerprint density at radius 1 is 1.13 bits per heavy atom. The zero-order valence-electron chi connectivity index (χ0n) is 18.0. The van der Waals surface area contributed by atoms with Crippen molar-refractivity contribution in [3.05, 3.63) is 71.7 Å². The number of rotatable bonds is 8. The Morgan fingerprint density at radius 3 is 2.48 bits per heavy atom. The minimum atomic E-state index is -0.487. The van der Waals surface area contributed by atoms with Gasteiger partial charge in [0, 0.05) is 11.3 Å². The third-order valence-electron chi connectivity index (χ3n) is 4.81. The van der Waals surface area contributed by atoms with Crippen molar-refractivity contribution in [2.24, 2.45) is 5.16 Å². The molecule has 3 rings (SSSR count). The maximum absolute atomic E-state index is 14.7. The molecule has 0 saturated heterocycles. The molecule has 6 nitrogen and oxygen atoms in total. The molecule has 0 saturated carbocycles. The van der Waals surface area contributed by atoms with E-state index in [1.54, 1.807) is 39.2 Å². The van der Waals surface area contributed by atoms with E-state index in [1.165, 1.54) is 6.07 Å². The van der Waals surface area contributed by atoms with Gasteiger partial charge in [-0.2, -0.15) is 0 Å². The minimum Gasteiger partial charge on any atom is -0.497 e. The lowest BCUT2D eigenvalue weighted by Crippen LogP contribution is -2.11. The lowest BCUT2D eigenvalue weighted by atomic mass is 10.1. The quantitative estimate of drug-likeness (QED) is 0.293. The van der Waals surface area contributed by atoms with Crippen LogP contribution in [0.25, 0.3) is 16.9 Å². The van der Waals surface area contributed by atoms with Crippen molar-refractivity contribution in [3.63, 3.8) is 0 Å². The van der Waals surface area contributed by atoms with Gasteiger partial charge in [0.2, 0.25) is 6.61 Å². The molecule has 0 radical (unpaired) electrons. The molecule has 0 aliphatic rings. The Balaban J connectivity index is 2.05. The molecule has 0 unspecified atom stereocenters. The summed E-state index contributed by atoms with van der Waals surface area (Å²) >= 11 is 0. The summed E-state index contributed by atoms with van der Waals surface area (Å²) in [4.78, 5) is 16.6. The first-order valence-electron chi connectivity index (χ1n) is 9.90. The topological polar surface area (TPSA) is 62.1 Å². The second-order valence-corrected chi connectivity index (χ2v) is 6.80. The zero-order valence-corrected chi connectivity index (χ0v) is 18.0. The molecule has 1 heterocycles. The van der Waals surface area contributed by atoms with Crippen LogP contribution in [0, 0.1) is 12.7 Å². The number of hydrogen-bond donors (Lipinski definition) is 0. The van der Waals surface area contributed by atoms with E-state index in [4.69, 9.17) is 14.3 Å². The number of esters is 1. The van der Waals surface area contributed by atoms with Crippen molar-refractivity contribution < 1.29 is 23.5 Å². The molecule has 0 aliphatic heterocycles. The second kappa shape index (κ2) is 9.93. The summed E-state index contributed by atoms with van der Waals surface area (Å²) in [5.74, 6) is -0.0934. The van der Waals surface area contributed by atoms with Crippen molar-refractivity contribution in [1.82, 2.24) is 4.57 Å². The van der Waals surface area contributed by atoms with Gasteiger partial charge in [-0.25, -0.2) is 9.18 Å². The monoisotopic (exact) mass is 424 g/mol. The third-order valence-corrected chi connectivity index (χ3v) is 4.81. The van der Waals surface area contributed by atoms with Crippen LogP contribution < -0.4 is 4.74 Å². The van der Waals surface area contributed by atoms with Gasteiger partial charge >= 0.3 is 5.97 Å². The van der Waals surface area contributed by atoms with E-state index in [1.807, 2.05) is 41.8 Å².